The largest absolute Gasteiger partial charge is 0.507 e. The summed E-state index contributed by atoms with van der Waals surface area (Å²) in [4.78, 5) is 8.57. The van der Waals surface area contributed by atoms with Crippen molar-refractivity contribution in [1.82, 2.24) is 24.7 Å². The number of allylic oxidation sites excluding steroid dienone is 1. The number of nitrogens with zero attached hydrogens (tertiary/aromatic N) is 5. The van der Waals surface area contributed by atoms with Crippen LogP contribution in [0.15, 0.2) is 49.7 Å². The van der Waals surface area contributed by atoms with E-state index in [1.54, 1.807) is 24.8 Å². The van der Waals surface area contributed by atoms with Gasteiger partial charge >= 0.3 is 0 Å². The van der Waals surface area contributed by atoms with Crippen LogP contribution in [-0.4, -0.2) is 29.8 Å². The fraction of sp³-hybridized carbons (Fsp3) is 0.417. The Morgan fingerprint density at radius 3 is 2.87 bits per heavy atom. The molecule has 1 saturated carbocycles. The van der Waals surface area contributed by atoms with E-state index in [1.165, 1.54) is 25.7 Å². The smallest absolute Gasteiger partial charge is 0.177 e. The van der Waals surface area contributed by atoms with Gasteiger partial charge in [-0.3, -0.25) is 0 Å². The molecule has 0 aliphatic heterocycles. The first-order valence-corrected chi connectivity index (χ1v) is 10.7. The average molecular weight is 404 g/mol. The Morgan fingerprint density at radius 1 is 1.33 bits per heavy atom. The van der Waals surface area contributed by atoms with Gasteiger partial charge in [0.25, 0.3) is 0 Å². The summed E-state index contributed by atoms with van der Waals surface area (Å²) in [6.45, 7) is 8.97. The molecule has 6 heteroatoms. The molecule has 4 rings (SSSR count). The Balaban J connectivity index is 1.51. The highest BCUT2D eigenvalue weighted by atomic mass is 16.3. The third-order valence-electron chi connectivity index (χ3n) is 6.33. The molecule has 30 heavy (non-hydrogen) atoms. The standard InChI is InChI=1S/C24H29N5O/c1-4-9-24(3)10-5-6-18(14-24)17(2)23-26-15-21(27-28-23)20-8-7-19(13-22(20)30)29-12-11-25-16-29/h7-8,11-13,15-16,18,30H,2,4-6,9-10,14H2,1,3H3/t18-,24+/m0/s1. The van der Waals surface area contributed by atoms with Crippen molar-refractivity contribution in [2.24, 2.45) is 11.3 Å². The Bertz CT molecular complexity index is 1010. The molecule has 6 nitrogen and oxygen atoms in total. The predicted molar refractivity (Wildman–Crippen MR) is 118 cm³/mol. The van der Waals surface area contributed by atoms with Crippen molar-refractivity contribution in [3.05, 3.63) is 55.5 Å². The zero-order chi connectivity index (χ0) is 21.1. The van der Waals surface area contributed by atoms with Gasteiger partial charge in [0.05, 0.1) is 18.2 Å². The second-order valence-electron chi connectivity index (χ2n) is 8.72. The molecule has 1 aliphatic rings. The second-order valence-corrected chi connectivity index (χ2v) is 8.72. The maximum Gasteiger partial charge on any atom is 0.177 e. The molecular formula is C24H29N5O. The minimum absolute atomic E-state index is 0.131. The van der Waals surface area contributed by atoms with Gasteiger partial charge in [-0.1, -0.05) is 33.3 Å². The summed E-state index contributed by atoms with van der Waals surface area (Å²) in [5.74, 6) is 1.15. The van der Waals surface area contributed by atoms with Gasteiger partial charge in [0.15, 0.2) is 5.82 Å². The molecule has 0 amide bonds. The van der Waals surface area contributed by atoms with Crippen molar-refractivity contribution < 1.29 is 5.11 Å². The topological polar surface area (TPSA) is 76.7 Å². The first-order chi connectivity index (χ1) is 14.5. The van der Waals surface area contributed by atoms with Crippen LogP contribution in [0.3, 0.4) is 0 Å². The van der Waals surface area contributed by atoms with E-state index in [1.807, 2.05) is 22.9 Å². The highest BCUT2D eigenvalue weighted by Crippen LogP contribution is 2.46. The van der Waals surface area contributed by atoms with Gasteiger partial charge in [-0.15, -0.1) is 10.2 Å². The molecule has 0 spiro atoms. The monoisotopic (exact) mass is 403 g/mol. The van der Waals surface area contributed by atoms with E-state index in [0.29, 0.717) is 28.4 Å². The van der Waals surface area contributed by atoms with Crippen molar-refractivity contribution in [1.29, 1.82) is 0 Å². The average Bonchev–Trinajstić information content (AvgIpc) is 3.28. The number of rotatable bonds is 6. The maximum atomic E-state index is 10.5. The molecule has 0 unspecified atom stereocenters. The maximum absolute atomic E-state index is 10.5. The van der Waals surface area contributed by atoms with Crippen LogP contribution in [0.2, 0.25) is 0 Å². The molecule has 1 N–H and O–H groups in total. The number of aromatic hydroxyl groups is 1. The molecule has 1 aliphatic carbocycles. The summed E-state index contributed by atoms with van der Waals surface area (Å²) in [6, 6.07) is 5.41. The van der Waals surface area contributed by atoms with Crippen LogP contribution in [-0.2, 0) is 0 Å². The number of hydrogen-bond acceptors (Lipinski definition) is 5. The minimum Gasteiger partial charge on any atom is -0.507 e. The summed E-state index contributed by atoms with van der Waals surface area (Å²) in [5, 5.41) is 19.2. The van der Waals surface area contributed by atoms with Crippen molar-refractivity contribution in [2.45, 2.75) is 52.4 Å². The minimum atomic E-state index is 0.131. The third-order valence-corrected chi connectivity index (χ3v) is 6.33. The fourth-order valence-corrected chi connectivity index (χ4v) is 4.74. The molecule has 2 aromatic heterocycles. The summed E-state index contributed by atoms with van der Waals surface area (Å²) in [7, 11) is 0. The fourth-order valence-electron chi connectivity index (χ4n) is 4.74. The summed E-state index contributed by atoms with van der Waals surface area (Å²) < 4.78 is 1.83. The molecule has 1 fully saturated rings. The van der Waals surface area contributed by atoms with Crippen LogP contribution in [0.4, 0.5) is 0 Å². The molecule has 1 aromatic carbocycles. The van der Waals surface area contributed by atoms with Crippen molar-refractivity contribution >= 4 is 5.57 Å². The predicted octanol–water partition coefficient (Wildman–Crippen LogP) is 5.44. The molecule has 0 bridgehead atoms. The van der Waals surface area contributed by atoms with E-state index in [2.05, 4.69) is 40.6 Å². The Morgan fingerprint density at radius 2 is 2.20 bits per heavy atom. The number of hydrogen-bond donors (Lipinski definition) is 1. The van der Waals surface area contributed by atoms with Gasteiger partial charge in [-0.05, 0) is 54.7 Å². The quantitative estimate of drug-likeness (QED) is 0.593. The van der Waals surface area contributed by atoms with E-state index < -0.39 is 0 Å². The van der Waals surface area contributed by atoms with Crippen molar-refractivity contribution in [3.8, 4) is 22.7 Å². The highest BCUT2D eigenvalue weighted by molar-refractivity contribution is 5.68. The van der Waals surface area contributed by atoms with Crippen molar-refractivity contribution in [3.63, 3.8) is 0 Å². The van der Waals surface area contributed by atoms with Gasteiger partial charge in [0.2, 0.25) is 0 Å². The van der Waals surface area contributed by atoms with E-state index in [9.17, 15) is 5.11 Å². The normalized spacial score (nSPS) is 21.5. The third kappa shape index (κ3) is 4.13. The molecule has 0 radical (unpaired) electrons. The zero-order valence-electron chi connectivity index (χ0n) is 17.8. The molecule has 2 heterocycles. The SMILES string of the molecule is C=C(c1ncc(-c2ccc(-n3ccnc3)cc2O)nn1)[C@H]1CCC[C@@](C)(CCC)C1. The second kappa shape index (κ2) is 8.38. The van der Waals surface area contributed by atoms with Crippen molar-refractivity contribution in [2.75, 3.05) is 0 Å². The van der Waals surface area contributed by atoms with Gasteiger partial charge in [0, 0.05) is 24.0 Å². The highest BCUT2D eigenvalue weighted by Gasteiger charge is 2.33. The lowest BCUT2D eigenvalue weighted by atomic mass is 9.67. The first-order valence-electron chi connectivity index (χ1n) is 10.7. The molecule has 2 atom stereocenters. The lowest BCUT2D eigenvalue weighted by molar-refractivity contribution is 0.170. The number of benzene rings is 1. The Labute approximate surface area is 177 Å². The van der Waals surface area contributed by atoms with Crippen LogP contribution in [0.5, 0.6) is 5.75 Å². The molecule has 156 valence electrons. The lowest BCUT2D eigenvalue weighted by Crippen LogP contribution is -2.26. The van der Waals surface area contributed by atoms with Gasteiger partial charge in [-0.25, -0.2) is 9.97 Å². The van der Waals surface area contributed by atoms with Gasteiger partial charge < -0.3 is 9.67 Å². The van der Waals surface area contributed by atoms with Crippen LogP contribution < -0.4 is 0 Å². The number of aromatic nitrogens is 5. The van der Waals surface area contributed by atoms with Gasteiger partial charge in [-0.2, -0.15) is 0 Å². The van der Waals surface area contributed by atoms with E-state index in [0.717, 1.165) is 24.1 Å². The number of imidazole rings is 1. The molecule has 3 aromatic rings. The van der Waals surface area contributed by atoms with Crippen LogP contribution in [0.1, 0.15) is 58.2 Å². The first kappa shape index (κ1) is 20.3. The summed E-state index contributed by atoms with van der Waals surface area (Å²) in [6.07, 6.45) is 14.1. The molecular weight excluding hydrogens is 374 g/mol. The zero-order valence-corrected chi connectivity index (χ0v) is 17.8. The van der Waals surface area contributed by atoms with Crippen LogP contribution in [0.25, 0.3) is 22.5 Å². The van der Waals surface area contributed by atoms with Crippen LogP contribution in [0, 0.1) is 11.3 Å². The van der Waals surface area contributed by atoms with Gasteiger partial charge in [0.1, 0.15) is 11.4 Å². The Hall–Kier alpha value is -3.02. The Kier molecular flexibility index (Phi) is 5.66. The van der Waals surface area contributed by atoms with E-state index >= 15 is 0 Å². The van der Waals surface area contributed by atoms with Crippen LogP contribution >= 0.6 is 0 Å². The lowest BCUT2D eigenvalue weighted by Gasteiger charge is -2.38. The summed E-state index contributed by atoms with van der Waals surface area (Å²) in [5.41, 5.74) is 3.34. The molecule has 0 saturated heterocycles. The number of phenols is 1. The van der Waals surface area contributed by atoms with E-state index in [4.69, 9.17) is 0 Å². The summed E-state index contributed by atoms with van der Waals surface area (Å²) >= 11 is 0. The van der Waals surface area contributed by atoms with E-state index in [-0.39, 0.29) is 5.75 Å². The number of phenolic OH excluding ortho intramolecular Hbond substituents is 1.